The summed E-state index contributed by atoms with van der Waals surface area (Å²) in [5.74, 6) is 0. The number of nitrogens with one attached hydrogen (secondary N) is 1. The molecule has 20 heavy (non-hydrogen) atoms. The maximum absolute atomic E-state index is 6.25. The number of benzene rings is 1. The number of hydrogen-bond acceptors (Lipinski definition) is 3. The van der Waals surface area contributed by atoms with Gasteiger partial charge in [-0.2, -0.15) is 0 Å². The second-order valence-corrected chi connectivity index (χ2v) is 5.81. The van der Waals surface area contributed by atoms with E-state index in [-0.39, 0.29) is 0 Å². The van der Waals surface area contributed by atoms with Crippen molar-refractivity contribution >= 4 is 49.9 Å². The molecule has 3 rings (SSSR count). The molecule has 0 saturated heterocycles. The van der Waals surface area contributed by atoms with Gasteiger partial charge in [0.1, 0.15) is 5.52 Å². The Bertz CT molecular complexity index is 789. The summed E-state index contributed by atoms with van der Waals surface area (Å²) in [5, 5.41) is 4.00. The van der Waals surface area contributed by atoms with Crippen LogP contribution in [0.4, 0.5) is 11.4 Å². The number of pyridine rings is 2. The number of rotatable bonds is 2. The lowest BCUT2D eigenvalue weighted by Crippen LogP contribution is -1.95. The van der Waals surface area contributed by atoms with Crippen molar-refractivity contribution in [3.05, 3.63) is 57.8 Å². The average Bonchev–Trinajstić information content (AvgIpc) is 2.41. The fourth-order valence-corrected chi connectivity index (χ4v) is 2.57. The predicted molar refractivity (Wildman–Crippen MR) is 86.7 cm³/mol. The first kappa shape index (κ1) is 13.3. The highest BCUT2D eigenvalue weighted by atomic mass is 79.9. The molecule has 3 aromatic rings. The molecule has 0 radical (unpaired) electrons. The third-order valence-corrected chi connectivity index (χ3v) is 3.68. The van der Waals surface area contributed by atoms with Crippen LogP contribution in [0.5, 0.6) is 0 Å². The van der Waals surface area contributed by atoms with E-state index >= 15 is 0 Å². The molecule has 2 aromatic heterocycles. The summed E-state index contributed by atoms with van der Waals surface area (Å²) in [6.45, 7) is 2.01. The van der Waals surface area contributed by atoms with Gasteiger partial charge in [-0.25, -0.2) is 0 Å². The summed E-state index contributed by atoms with van der Waals surface area (Å²) in [4.78, 5) is 8.72. The predicted octanol–water partition coefficient (Wildman–Crippen LogP) is 5.10. The molecule has 0 unspecified atom stereocenters. The Morgan fingerprint density at radius 1 is 1.10 bits per heavy atom. The molecule has 0 amide bonds. The first-order chi connectivity index (χ1) is 9.63. The molecule has 1 aromatic carbocycles. The van der Waals surface area contributed by atoms with Gasteiger partial charge in [0.15, 0.2) is 0 Å². The Balaban J connectivity index is 2.06. The van der Waals surface area contributed by atoms with Gasteiger partial charge >= 0.3 is 0 Å². The molecule has 2 heterocycles. The van der Waals surface area contributed by atoms with Crippen molar-refractivity contribution in [3.63, 3.8) is 0 Å². The van der Waals surface area contributed by atoms with Gasteiger partial charge in [0.05, 0.1) is 21.9 Å². The highest BCUT2D eigenvalue weighted by Gasteiger charge is 2.06. The zero-order valence-electron chi connectivity index (χ0n) is 10.7. The second kappa shape index (κ2) is 5.38. The smallest absolute Gasteiger partial charge is 0.112 e. The number of anilines is 2. The molecular weight excluding hydrogens is 338 g/mol. The molecular formula is C15H11BrClN3. The normalized spacial score (nSPS) is 10.8. The summed E-state index contributed by atoms with van der Waals surface area (Å²) >= 11 is 9.65. The van der Waals surface area contributed by atoms with Crippen LogP contribution in [-0.2, 0) is 0 Å². The van der Waals surface area contributed by atoms with Gasteiger partial charge in [-0.05, 0) is 52.7 Å². The molecule has 0 aliphatic carbocycles. The van der Waals surface area contributed by atoms with Crippen LogP contribution in [0.2, 0.25) is 5.02 Å². The van der Waals surface area contributed by atoms with Crippen LogP contribution in [0.25, 0.3) is 11.0 Å². The lowest BCUT2D eigenvalue weighted by molar-refractivity contribution is 1.32. The van der Waals surface area contributed by atoms with Gasteiger partial charge < -0.3 is 5.32 Å². The van der Waals surface area contributed by atoms with Crippen molar-refractivity contribution in [3.8, 4) is 0 Å². The minimum atomic E-state index is 0.687. The van der Waals surface area contributed by atoms with Crippen LogP contribution in [0.1, 0.15) is 5.56 Å². The van der Waals surface area contributed by atoms with E-state index in [2.05, 4.69) is 31.2 Å². The Labute approximate surface area is 130 Å². The fourth-order valence-electron chi connectivity index (χ4n) is 1.97. The van der Waals surface area contributed by atoms with E-state index in [1.54, 1.807) is 12.4 Å². The van der Waals surface area contributed by atoms with E-state index < -0.39 is 0 Å². The lowest BCUT2D eigenvalue weighted by Gasteiger charge is -2.10. The van der Waals surface area contributed by atoms with Gasteiger partial charge in [0, 0.05) is 16.9 Å². The Kier molecular flexibility index (Phi) is 3.59. The highest BCUT2D eigenvalue weighted by Crippen LogP contribution is 2.29. The summed E-state index contributed by atoms with van der Waals surface area (Å²) < 4.78 is 0.906. The van der Waals surface area contributed by atoms with E-state index in [0.717, 1.165) is 32.4 Å². The van der Waals surface area contributed by atoms with E-state index in [4.69, 9.17) is 11.6 Å². The second-order valence-electron chi connectivity index (χ2n) is 4.49. The minimum absolute atomic E-state index is 0.687. The Hall–Kier alpha value is -1.65. The van der Waals surface area contributed by atoms with Gasteiger partial charge in [0.25, 0.3) is 0 Å². The number of aryl methyl sites for hydroxylation is 1. The lowest BCUT2D eigenvalue weighted by atomic mass is 10.2. The summed E-state index contributed by atoms with van der Waals surface area (Å²) in [5.41, 5.74) is 4.50. The maximum Gasteiger partial charge on any atom is 0.112 e. The molecule has 0 aliphatic rings. The largest absolute Gasteiger partial charge is 0.352 e. The first-order valence-corrected chi connectivity index (χ1v) is 7.24. The molecule has 100 valence electrons. The number of fused-ring (bicyclic) bond motifs is 1. The topological polar surface area (TPSA) is 37.8 Å². The monoisotopic (exact) mass is 347 g/mol. The van der Waals surface area contributed by atoms with Crippen molar-refractivity contribution in [2.24, 2.45) is 0 Å². The minimum Gasteiger partial charge on any atom is -0.352 e. The van der Waals surface area contributed by atoms with Crippen LogP contribution < -0.4 is 5.32 Å². The number of halogens is 2. The summed E-state index contributed by atoms with van der Waals surface area (Å²) in [6.07, 6.45) is 3.51. The van der Waals surface area contributed by atoms with E-state index in [9.17, 15) is 0 Å². The van der Waals surface area contributed by atoms with Crippen LogP contribution in [0.3, 0.4) is 0 Å². The molecule has 3 nitrogen and oxygen atoms in total. The van der Waals surface area contributed by atoms with Gasteiger partial charge in [-0.15, -0.1) is 0 Å². The Morgan fingerprint density at radius 3 is 2.75 bits per heavy atom. The van der Waals surface area contributed by atoms with Crippen molar-refractivity contribution < 1.29 is 0 Å². The molecule has 0 saturated carbocycles. The van der Waals surface area contributed by atoms with Crippen LogP contribution >= 0.6 is 27.5 Å². The molecule has 1 N–H and O–H groups in total. The molecule has 0 atom stereocenters. The number of aromatic nitrogens is 2. The van der Waals surface area contributed by atoms with E-state index in [0.29, 0.717) is 5.02 Å². The summed E-state index contributed by atoms with van der Waals surface area (Å²) in [7, 11) is 0. The first-order valence-electron chi connectivity index (χ1n) is 6.07. The van der Waals surface area contributed by atoms with Crippen molar-refractivity contribution in [1.29, 1.82) is 0 Å². The van der Waals surface area contributed by atoms with E-state index in [1.165, 1.54) is 0 Å². The SMILES string of the molecule is Cc1ccc(Nc2ccnc3cc(Br)cnc23)c(Cl)c1. The van der Waals surface area contributed by atoms with Crippen molar-refractivity contribution in [2.75, 3.05) is 5.32 Å². The molecule has 0 fully saturated rings. The molecule has 0 bridgehead atoms. The van der Waals surface area contributed by atoms with Crippen molar-refractivity contribution in [1.82, 2.24) is 9.97 Å². The van der Waals surface area contributed by atoms with Gasteiger partial charge in [-0.3, -0.25) is 9.97 Å². The molecule has 0 spiro atoms. The molecule has 5 heteroatoms. The van der Waals surface area contributed by atoms with Crippen LogP contribution in [-0.4, -0.2) is 9.97 Å². The zero-order chi connectivity index (χ0) is 14.1. The number of nitrogens with zero attached hydrogens (tertiary/aromatic N) is 2. The van der Waals surface area contributed by atoms with Gasteiger partial charge in [0.2, 0.25) is 0 Å². The third-order valence-electron chi connectivity index (χ3n) is 2.94. The maximum atomic E-state index is 6.25. The third kappa shape index (κ3) is 2.62. The van der Waals surface area contributed by atoms with Crippen molar-refractivity contribution in [2.45, 2.75) is 6.92 Å². The zero-order valence-corrected chi connectivity index (χ0v) is 13.0. The molecule has 0 aliphatic heterocycles. The van der Waals surface area contributed by atoms with Gasteiger partial charge in [-0.1, -0.05) is 17.7 Å². The summed E-state index contributed by atoms with van der Waals surface area (Å²) in [6, 6.07) is 9.73. The number of hydrogen-bond donors (Lipinski definition) is 1. The Morgan fingerprint density at radius 2 is 1.95 bits per heavy atom. The van der Waals surface area contributed by atoms with Crippen LogP contribution in [0, 0.1) is 6.92 Å². The average molecular weight is 349 g/mol. The standard InChI is InChI=1S/C15H11BrClN3/c1-9-2-3-12(11(17)6-9)20-13-4-5-18-14-7-10(16)8-19-15(13)14/h2-8H,1H3,(H,18,20). The quantitative estimate of drug-likeness (QED) is 0.700. The highest BCUT2D eigenvalue weighted by molar-refractivity contribution is 9.10. The van der Waals surface area contributed by atoms with Crippen LogP contribution in [0.15, 0.2) is 47.2 Å². The fraction of sp³-hybridized carbons (Fsp3) is 0.0667. The van der Waals surface area contributed by atoms with E-state index in [1.807, 2.05) is 37.3 Å².